The van der Waals surface area contributed by atoms with Gasteiger partial charge in [0.15, 0.2) is 0 Å². The van der Waals surface area contributed by atoms with Crippen LogP contribution in [0.3, 0.4) is 0 Å². The monoisotopic (exact) mass is 482 g/mol. The van der Waals surface area contributed by atoms with Crippen molar-refractivity contribution in [2.75, 3.05) is 32.8 Å². The fourth-order valence-corrected chi connectivity index (χ4v) is 4.33. The molecule has 1 fully saturated rings. The molecular weight excluding hydrogens is 452 g/mol. The molecule has 3 aromatic rings. The largest absolute Gasteiger partial charge is 0.379 e. The van der Waals surface area contributed by atoms with E-state index >= 15 is 0 Å². The lowest BCUT2D eigenvalue weighted by molar-refractivity contribution is -0.122. The molecule has 34 heavy (non-hydrogen) atoms. The molecule has 1 saturated heterocycles. The van der Waals surface area contributed by atoms with Gasteiger partial charge in [-0.3, -0.25) is 18.8 Å². The highest BCUT2D eigenvalue weighted by Crippen LogP contribution is 2.23. The van der Waals surface area contributed by atoms with Gasteiger partial charge < -0.3 is 10.1 Å². The third kappa shape index (κ3) is 5.97. The van der Waals surface area contributed by atoms with Gasteiger partial charge in [0, 0.05) is 42.5 Å². The van der Waals surface area contributed by atoms with Crippen LogP contribution in [0.25, 0.3) is 16.9 Å². The van der Waals surface area contributed by atoms with E-state index in [1.165, 1.54) is 10.1 Å². The number of morpholine rings is 1. The van der Waals surface area contributed by atoms with Gasteiger partial charge in [0.1, 0.15) is 6.54 Å². The molecule has 0 atom stereocenters. The molecule has 1 amide bonds. The quantitative estimate of drug-likeness (QED) is 0.534. The SMILES string of the molecule is CC(C)NC(=O)Cn1c(-c2cccc(Cl)c2)cn(-c2ccc(CCN3CCOCC3)cc2)c1=O. The summed E-state index contributed by atoms with van der Waals surface area (Å²) in [5.74, 6) is -0.211. The van der Waals surface area contributed by atoms with Gasteiger partial charge in [0.2, 0.25) is 5.91 Å². The molecule has 4 rings (SSSR count). The minimum Gasteiger partial charge on any atom is -0.379 e. The van der Waals surface area contributed by atoms with Gasteiger partial charge in [-0.05, 0) is 50.1 Å². The van der Waals surface area contributed by atoms with E-state index in [-0.39, 0.29) is 24.2 Å². The van der Waals surface area contributed by atoms with Crippen molar-refractivity contribution in [1.82, 2.24) is 19.4 Å². The first-order chi connectivity index (χ1) is 16.4. The highest BCUT2D eigenvalue weighted by atomic mass is 35.5. The Morgan fingerprint density at radius 3 is 2.53 bits per heavy atom. The molecule has 0 saturated carbocycles. The zero-order chi connectivity index (χ0) is 24.1. The molecule has 2 aromatic carbocycles. The summed E-state index contributed by atoms with van der Waals surface area (Å²) in [4.78, 5) is 28.3. The molecular formula is C26H31ClN4O3. The van der Waals surface area contributed by atoms with Gasteiger partial charge in [-0.15, -0.1) is 0 Å². The third-order valence-corrected chi connectivity index (χ3v) is 6.12. The summed E-state index contributed by atoms with van der Waals surface area (Å²) >= 11 is 6.20. The van der Waals surface area contributed by atoms with Crippen LogP contribution in [-0.4, -0.2) is 58.8 Å². The number of benzene rings is 2. The van der Waals surface area contributed by atoms with Crippen LogP contribution in [0.1, 0.15) is 19.4 Å². The van der Waals surface area contributed by atoms with E-state index in [2.05, 4.69) is 22.3 Å². The van der Waals surface area contributed by atoms with E-state index in [0.29, 0.717) is 10.7 Å². The Balaban J connectivity index is 1.60. The average Bonchev–Trinajstić information content (AvgIpc) is 3.14. The first-order valence-electron chi connectivity index (χ1n) is 11.7. The fourth-order valence-electron chi connectivity index (χ4n) is 4.14. The van der Waals surface area contributed by atoms with Crippen molar-refractivity contribution in [1.29, 1.82) is 0 Å². The summed E-state index contributed by atoms with van der Waals surface area (Å²) < 4.78 is 8.50. The van der Waals surface area contributed by atoms with Crippen molar-refractivity contribution < 1.29 is 9.53 Å². The van der Waals surface area contributed by atoms with E-state index in [4.69, 9.17) is 16.3 Å². The topological polar surface area (TPSA) is 68.5 Å². The van der Waals surface area contributed by atoms with E-state index in [1.807, 2.05) is 38.1 Å². The molecule has 1 aliphatic rings. The number of hydrogen-bond acceptors (Lipinski definition) is 4. The van der Waals surface area contributed by atoms with Gasteiger partial charge in [0.05, 0.1) is 24.6 Å². The number of carbonyl (C=O) groups excluding carboxylic acids is 1. The van der Waals surface area contributed by atoms with Crippen LogP contribution in [0.15, 0.2) is 59.5 Å². The van der Waals surface area contributed by atoms with Crippen molar-refractivity contribution in [3.8, 4) is 16.9 Å². The predicted molar refractivity (Wildman–Crippen MR) is 135 cm³/mol. The molecule has 1 aromatic heterocycles. The third-order valence-electron chi connectivity index (χ3n) is 5.89. The lowest BCUT2D eigenvalue weighted by Crippen LogP contribution is -2.37. The molecule has 1 N–H and O–H groups in total. The second-order valence-electron chi connectivity index (χ2n) is 8.86. The lowest BCUT2D eigenvalue weighted by atomic mass is 10.1. The second-order valence-corrected chi connectivity index (χ2v) is 9.29. The summed E-state index contributed by atoms with van der Waals surface area (Å²) in [5.41, 5.74) is 3.13. The summed E-state index contributed by atoms with van der Waals surface area (Å²) in [6.07, 6.45) is 2.72. The highest BCUT2D eigenvalue weighted by molar-refractivity contribution is 6.30. The number of nitrogens with zero attached hydrogens (tertiary/aromatic N) is 3. The van der Waals surface area contributed by atoms with Crippen LogP contribution >= 0.6 is 11.6 Å². The number of ether oxygens (including phenoxy) is 1. The molecule has 0 radical (unpaired) electrons. The zero-order valence-electron chi connectivity index (χ0n) is 19.7. The van der Waals surface area contributed by atoms with Crippen molar-refractivity contribution >= 4 is 17.5 Å². The molecule has 0 unspecified atom stereocenters. The highest BCUT2D eigenvalue weighted by Gasteiger charge is 2.18. The van der Waals surface area contributed by atoms with Crippen molar-refractivity contribution in [2.45, 2.75) is 32.9 Å². The Morgan fingerprint density at radius 2 is 1.85 bits per heavy atom. The first kappa shape index (κ1) is 24.3. The summed E-state index contributed by atoms with van der Waals surface area (Å²) in [5, 5.41) is 3.43. The van der Waals surface area contributed by atoms with Crippen LogP contribution in [0.5, 0.6) is 0 Å². The summed E-state index contributed by atoms with van der Waals surface area (Å²) in [6.45, 7) is 8.24. The Labute approximate surface area is 204 Å². The molecule has 180 valence electrons. The summed E-state index contributed by atoms with van der Waals surface area (Å²) in [7, 11) is 0. The molecule has 2 heterocycles. The number of imidazole rings is 1. The summed E-state index contributed by atoms with van der Waals surface area (Å²) in [6, 6.07) is 15.3. The van der Waals surface area contributed by atoms with Crippen molar-refractivity contribution in [3.63, 3.8) is 0 Å². The molecule has 1 aliphatic heterocycles. The van der Waals surface area contributed by atoms with Gasteiger partial charge in [-0.1, -0.05) is 35.9 Å². The maximum Gasteiger partial charge on any atom is 0.333 e. The van der Waals surface area contributed by atoms with Gasteiger partial charge in [-0.25, -0.2) is 4.79 Å². The maximum atomic E-state index is 13.4. The van der Waals surface area contributed by atoms with E-state index in [9.17, 15) is 9.59 Å². The zero-order valence-corrected chi connectivity index (χ0v) is 20.4. The maximum absolute atomic E-state index is 13.4. The minimum absolute atomic E-state index is 0.00934. The standard InChI is InChI=1S/C26H31ClN4O3/c1-19(2)28-25(32)18-31-24(21-4-3-5-22(27)16-21)17-30(26(31)33)23-8-6-20(7-9-23)10-11-29-12-14-34-15-13-29/h3-9,16-17,19H,10-15,18H2,1-2H3,(H,28,32). The smallest absolute Gasteiger partial charge is 0.333 e. The number of hydrogen-bond donors (Lipinski definition) is 1. The Hall–Kier alpha value is -2.87. The van der Waals surface area contributed by atoms with Crippen LogP contribution in [-0.2, 0) is 22.5 Å². The molecule has 0 spiro atoms. The van der Waals surface area contributed by atoms with Crippen LogP contribution < -0.4 is 11.0 Å². The Bertz CT molecular complexity index is 1180. The number of carbonyl (C=O) groups is 1. The lowest BCUT2D eigenvalue weighted by Gasteiger charge is -2.26. The normalized spacial score (nSPS) is 14.5. The van der Waals surface area contributed by atoms with Crippen molar-refractivity contribution in [3.05, 3.63) is 75.8 Å². The average molecular weight is 483 g/mol. The van der Waals surface area contributed by atoms with E-state index in [0.717, 1.165) is 50.5 Å². The number of halogens is 1. The predicted octanol–water partition coefficient (Wildman–Crippen LogP) is 3.36. The molecule has 7 nitrogen and oxygen atoms in total. The van der Waals surface area contributed by atoms with Crippen LogP contribution in [0.4, 0.5) is 0 Å². The number of amides is 1. The molecule has 0 bridgehead atoms. The van der Waals surface area contributed by atoms with Gasteiger partial charge >= 0.3 is 5.69 Å². The number of aromatic nitrogens is 2. The molecule has 0 aliphatic carbocycles. The fraction of sp³-hybridized carbons (Fsp3) is 0.385. The van der Waals surface area contributed by atoms with Crippen molar-refractivity contribution in [2.24, 2.45) is 0 Å². The molecule has 8 heteroatoms. The first-order valence-corrected chi connectivity index (χ1v) is 12.1. The Morgan fingerprint density at radius 1 is 1.12 bits per heavy atom. The van der Waals surface area contributed by atoms with Gasteiger partial charge in [0.25, 0.3) is 0 Å². The Kier molecular flexibility index (Phi) is 7.88. The number of nitrogens with one attached hydrogen (secondary N) is 1. The minimum atomic E-state index is -0.269. The van der Waals surface area contributed by atoms with E-state index < -0.39 is 0 Å². The van der Waals surface area contributed by atoms with Crippen LogP contribution in [0, 0.1) is 0 Å². The van der Waals surface area contributed by atoms with Gasteiger partial charge in [-0.2, -0.15) is 0 Å². The second kappa shape index (κ2) is 11.0. The van der Waals surface area contributed by atoms with E-state index in [1.54, 1.807) is 22.9 Å². The number of rotatable bonds is 8. The van der Waals surface area contributed by atoms with Crippen LogP contribution in [0.2, 0.25) is 5.02 Å².